The maximum atomic E-state index is 12.6. The molecule has 0 bridgehead atoms. The first-order chi connectivity index (χ1) is 34.7. The summed E-state index contributed by atoms with van der Waals surface area (Å²) in [5, 5.41) is 12.3. The second-order valence-corrected chi connectivity index (χ2v) is 62.8. The molecule has 27 heteroatoms. The Morgan fingerprint density at radius 1 is 0.413 bits per heavy atom. The molecule has 0 saturated heterocycles. The molecule has 1 amide bonds. The van der Waals surface area contributed by atoms with Gasteiger partial charge in [0.25, 0.3) is 0 Å². The van der Waals surface area contributed by atoms with Crippen LogP contribution < -0.4 is 5.32 Å². The molecule has 0 aromatic rings. The summed E-state index contributed by atoms with van der Waals surface area (Å²) in [6.07, 6.45) is 4.51. The monoisotopic (exact) mass is 1240 g/mol. The van der Waals surface area contributed by atoms with E-state index in [1.165, 1.54) is 6.04 Å². The van der Waals surface area contributed by atoms with Gasteiger partial charge in [-0.3, -0.25) is 0 Å². The van der Waals surface area contributed by atoms with Crippen molar-refractivity contribution in [3.05, 3.63) is 0 Å². The molecule has 0 rings (SSSR count). The Morgan fingerprint density at radius 3 is 1.23 bits per heavy atom. The quantitative estimate of drug-likeness (QED) is 0.0434. The van der Waals surface area contributed by atoms with Gasteiger partial charge in [0.1, 0.15) is 6.61 Å². The van der Waals surface area contributed by atoms with Gasteiger partial charge in [0, 0.05) is 66.9 Å². The van der Waals surface area contributed by atoms with Gasteiger partial charge in [-0.05, 0) is 175 Å². The van der Waals surface area contributed by atoms with E-state index in [9.17, 15) is 9.90 Å². The molecule has 0 heterocycles. The van der Waals surface area contributed by atoms with Gasteiger partial charge in [-0.15, -0.1) is 0 Å². The maximum Gasteiger partial charge on any atom is 0.500 e. The highest BCUT2D eigenvalue weighted by atomic mass is 28.5. The van der Waals surface area contributed by atoms with Crippen LogP contribution in [0, 0.1) is 0 Å². The summed E-state index contributed by atoms with van der Waals surface area (Å²) >= 11 is 0. The molecule has 0 fully saturated rings. The molecule has 0 spiro atoms. The van der Waals surface area contributed by atoms with Crippen LogP contribution in [0.3, 0.4) is 0 Å². The minimum Gasteiger partial charge on any atom is -0.447 e. The van der Waals surface area contributed by atoms with Gasteiger partial charge in [0.2, 0.25) is 0 Å². The summed E-state index contributed by atoms with van der Waals surface area (Å²) < 4.78 is 92.7. The normalized spacial score (nSPS) is 16.6. The summed E-state index contributed by atoms with van der Waals surface area (Å²) in [4.78, 5) is 12.6. The highest BCUT2D eigenvalue weighted by Gasteiger charge is 2.53. The zero-order chi connectivity index (χ0) is 57.6. The van der Waals surface area contributed by atoms with E-state index in [4.69, 9.17) is 61.0 Å². The van der Waals surface area contributed by atoms with Gasteiger partial charge in [0.15, 0.2) is 16.6 Å². The van der Waals surface area contributed by atoms with E-state index < -0.39 is 91.0 Å². The average Bonchev–Trinajstić information content (AvgIpc) is 3.22. The molecular weight excluding hydrogens is 1130 g/mol. The lowest BCUT2D eigenvalue weighted by Gasteiger charge is -2.46. The van der Waals surface area contributed by atoms with Gasteiger partial charge >= 0.3 is 66.3 Å². The molecule has 2 N–H and O–H groups in total. The molecule has 4 atom stereocenters. The van der Waals surface area contributed by atoms with Crippen molar-refractivity contribution in [3.63, 3.8) is 0 Å². The van der Waals surface area contributed by atoms with E-state index in [2.05, 4.69) is 124 Å². The van der Waals surface area contributed by atoms with Gasteiger partial charge in [-0.1, -0.05) is 45.5 Å². The Morgan fingerprint density at radius 2 is 0.827 bits per heavy atom. The number of nitrogens with one attached hydrogen (secondary N) is 1. The lowest BCUT2D eigenvalue weighted by Crippen LogP contribution is -2.63. The van der Waals surface area contributed by atoms with Crippen LogP contribution in [0.4, 0.5) is 4.79 Å². The second-order valence-electron chi connectivity index (χ2n) is 23.9. The number of alkyl carbamates (subject to hydrolysis) is 1. The fraction of sp³-hybridized carbons (Fsp3) is 0.979. The van der Waals surface area contributed by atoms with Crippen LogP contribution in [0.15, 0.2) is 0 Å². The number of amides is 1. The van der Waals surface area contributed by atoms with Gasteiger partial charge in [-0.2, -0.15) is 0 Å². The lowest BCUT2D eigenvalue weighted by atomic mass is 10.5. The van der Waals surface area contributed by atoms with Gasteiger partial charge in [0.05, 0.1) is 19.8 Å². The topological polar surface area (TPSA) is 179 Å². The second kappa shape index (κ2) is 37.2. The van der Waals surface area contributed by atoms with Crippen LogP contribution in [-0.4, -0.2) is 175 Å². The summed E-state index contributed by atoms with van der Waals surface area (Å²) in [6.45, 7) is 50.8. The molecule has 450 valence electrons. The van der Waals surface area contributed by atoms with E-state index in [0.717, 1.165) is 49.9 Å². The Kier molecular flexibility index (Phi) is 37.6. The highest BCUT2D eigenvalue weighted by Crippen LogP contribution is 2.37. The SMILES string of the molecule is CCC[Si](CCC[Si](C)(O[Si](C)(C)C)O[Si](C)(CCCOCCOC(=O)NCCC[Si](OCC)(OCC)OCC)O[Si](C)(C)O[Si](C)(CCCOCCO)O[Si](C)(CCC[Si](C)(C)C)O[Si](C)(C)C)(OCC)OCC. The first-order valence-electron chi connectivity index (χ1n) is 28.8. The predicted octanol–water partition coefficient (Wildman–Crippen LogP) is 12.8. The number of carbonyl (C=O) groups is 1. The fourth-order valence-electron chi connectivity index (χ4n) is 9.74. The molecule has 0 radical (unpaired) electrons. The van der Waals surface area contributed by atoms with Crippen LogP contribution in [0.25, 0.3) is 0 Å². The molecule has 17 nitrogen and oxygen atoms in total. The molecule has 0 saturated carbocycles. The number of carbonyl (C=O) groups excluding carboxylic acids is 1. The third kappa shape index (κ3) is 36.9. The third-order valence-electron chi connectivity index (χ3n) is 11.6. The number of ether oxygens (including phenoxy) is 3. The van der Waals surface area contributed by atoms with Crippen molar-refractivity contribution in [1.29, 1.82) is 0 Å². The maximum absolute atomic E-state index is 12.6. The molecule has 4 unspecified atom stereocenters. The summed E-state index contributed by atoms with van der Waals surface area (Å²) in [7, 11) is -25.5. The number of hydrogen-bond donors (Lipinski definition) is 2. The van der Waals surface area contributed by atoms with Crippen molar-refractivity contribution in [3.8, 4) is 0 Å². The van der Waals surface area contributed by atoms with Crippen molar-refractivity contribution in [2.24, 2.45) is 0 Å². The zero-order valence-electron chi connectivity index (χ0n) is 52.0. The summed E-state index contributed by atoms with van der Waals surface area (Å²) in [5.74, 6) is 0. The first kappa shape index (κ1) is 75.9. The van der Waals surface area contributed by atoms with E-state index >= 15 is 0 Å². The molecular formula is C48H117NO16Si10. The largest absolute Gasteiger partial charge is 0.500 e. The lowest BCUT2D eigenvalue weighted by molar-refractivity contribution is 0.0688. The minimum absolute atomic E-state index is 0.0192. The van der Waals surface area contributed by atoms with Crippen LogP contribution in [0.2, 0.25) is 147 Å². The minimum atomic E-state index is -3.13. The zero-order valence-corrected chi connectivity index (χ0v) is 62.0. The van der Waals surface area contributed by atoms with Crippen LogP contribution in [0.5, 0.6) is 0 Å². The Hall–Kier alpha value is 0.879. The van der Waals surface area contributed by atoms with E-state index in [1.54, 1.807) is 0 Å². The fourth-order valence-corrected chi connectivity index (χ4v) is 52.9. The van der Waals surface area contributed by atoms with E-state index in [1.807, 2.05) is 20.8 Å². The Balaban J connectivity index is 6.75. The number of rotatable bonds is 49. The van der Waals surface area contributed by atoms with Crippen LogP contribution in [-0.2, 0) is 61.0 Å². The molecule has 75 heavy (non-hydrogen) atoms. The average molecular weight is 1250 g/mol. The number of hydrogen-bond acceptors (Lipinski definition) is 16. The molecule has 0 aromatic heterocycles. The van der Waals surface area contributed by atoms with Crippen molar-refractivity contribution in [2.75, 3.05) is 79.2 Å². The predicted molar refractivity (Wildman–Crippen MR) is 330 cm³/mol. The standard InChI is InChI=1S/C48H117NO16Si10/c1-22-40-74(55-23-2,56-24-3)46-32-45-71(19,61-68(13,14)15)65-73(21,43-30-36-53-38-39-54-48(51)49-33-28-47-75(57-25-4,58-26-5)59-27-6)63-69(16,17)62-72(20,42-29-35-52-37-34-50)64-70(18,60-67(10,11)12)44-31-41-66(7,8)9/h50H,22-47H2,1-21H3,(H,49,51). The molecule has 0 aliphatic carbocycles. The Labute approximate surface area is 470 Å². The van der Waals surface area contributed by atoms with Gasteiger partial charge in [-0.25, -0.2) is 4.79 Å². The first-order valence-corrected chi connectivity index (χ1v) is 56.4. The number of aliphatic hydroxyl groups is 1. The highest BCUT2D eigenvalue weighted by molar-refractivity contribution is 6.92. The van der Waals surface area contributed by atoms with Crippen molar-refractivity contribution < 1.29 is 70.9 Å². The van der Waals surface area contributed by atoms with Crippen LogP contribution >= 0.6 is 0 Å². The third-order valence-corrected chi connectivity index (χ3v) is 48.3. The van der Waals surface area contributed by atoms with Crippen molar-refractivity contribution in [1.82, 2.24) is 5.32 Å². The smallest absolute Gasteiger partial charge is 0.447 e. The van der Waals surface area contributed by atoms with E-state index in [0.29, 0.717) is 90.4 Å². The van der Waals surface area contributed by atoms with E-state index in [-0.39, 0.29) is 19.8 Å². The molecule has 0 aliphatic heterocycles. The molecule has 0 aliphatic rings. The number of aliphatic hydroxyl groups excluding tert-OH is 1. The summed E-state index contributed by atoms with van der Waals surface area (Å²) in [5.41, 5.74) is 0. The van der Waals surface area contributed by atoms with Crippen LogP contribution in [0.1, 0.15) is 80.1 Å². The van der Waals surface area contributed by atoms with Crippen molar-refractivity contribution in [2.45, 2.75) is 227 Å². The summed E-state index contributed by atoms with van der Waals surface area (Å²) in [6, 6.07) is 6.68. The van der Waals surface area contributed by atoms with Crippen molar-refractivity contribution >= 4 is 91.0 Å². The van der Waals surface area contributed by atoms with Gasteiger partial charge < -0.3 is 71.5 Å². The Bertz CT molecular complexity index is 1470. The molecule has 0 aromatic carbocycles.